The van der Waals surface area contributed by atoms with Gasteiger partial charge in [-0.2, -0.15) is 0 Å². The lowest BCUT2D eigenvalue weighted by Gasteiger charge is -2.13. The minimum Gasteiger partial charge on any atom is -0.774 e. The van der Waals surface area contributed by atoms with Gasteiger partial charge in [-0.05, 0) is 23.0 Å². The van der Waals surface area contributed by atoms with Gasteiger partial charge in [0.1, 0.15) is 15.7 Å². The quantitative estimate of drug-likeness (QED) is 0.505. The van der Waals surface area contributed by atoms with Crippen LogP contribution < -0.4 is 4.89 Å². The summed E-state index contributed by atoms with van der Waals surface area (Å²) in [6, 6.07) is 3.46. The van der Waals surface area contributed by atoms with Crippen LogP contribution in [0, 0.1) is 0 Å². The van der Waals surface area contributed by atoms with Crippen molar-refractivity contribution in [3.8, 4) is 0 Å². The number of hydrogen-bond donors (Lipinski definition) is 1. The molecule has 3 nitrogen and oxygen atoms in total. The molecule has 1 aromatic rings. The molecule has 6 heteroatoms. The van der Waals surface area contributed by atoms with Gasteiger partial charge in [0, 0.05) is 6.07 Å². The van der Waals surface area contributed by atoms with Crippen LogP contribution in [-0.4, -0.2) is 9.50 Å². The average molecular weight is 250 g/mol. The molecule has 14 heavy (non-hydrogen) atoms. The predicted octanol–water partition coefficient (Wildman–Crippen LogP) is 2.07. The van der Waals surface area contributed by atoms with Gasteiger partial charge >= 0.3 is 0 Å². The van der Waals surface area contributed by atoms with Crippen molar-refractivity contribution >= 4 is 34.9 Å². The molecule has 0 bridgehead atoms. The molecular weight excluding hydrogens is 239 g/mol. The molecule has 1 heterocycles. The van der Waals surface area contributed by atoms with Gasteiger partial charge < -0.3 is 14.4 Å². The van der Waals surface area contributed by atoms with E-state index in [4.69, 9.17) is 17.1 Å². The van der Waals surface area contributed by atoms with Crippen LogP contribution in [0.4, 0.5) is 0 Å². The van der Waals surface area contributed by atoms with Crippen molar-refractivity contribution in [3.63, 3.8) is 0 Å². The van der Waals surface area contributed by atoms with Crippen molar-refractivity contribution in [2.45, 2.75) is 19.1 Å². The lowest BCUT2D eigenvalue weighted by Crippen LogP contribution is -2.09. The van der Waals surface area contributed by atoms with Crippen LogP contribution >= 0.6 is 30.3 Å². The van der Waals surface area contributed by atoms with Gasteiger partial charge in [-0.15, -0.1) is 0 Å². The van der Waals surface area contributed by atoms with Crippen LogP contribution in [-0.2, 0) is 10.3 Å². The van der Waals surface area contributed by atoms with Crippen molar-refractivity contribution in [1.82, 2.24) is 0 Å². The molecule has 0 aliphatic carbocycles. The van der Waals surface area contributed by atoms with E-state index >= 15 is 0 Å². The van der Waals surface area contributed by atoms with Gasteiger partial charge in [-0.25, -0.2) is 0 Å². The highest BCUT2D eigenvalue weighted by atomic mass is 32.2. The molecule has 1 aromatic heterocycles. The smallest absolute Gasteiger partial charge is 0.196 e. The predicted molar refractivity (Wildman–Crippen MR) is 60.7 cm³/mol. The molecule has 0 aromatic carbocycles. The molecule has 2 unspecified atom stereocenters. The number of aryl methyl sites for hydroxylation is 1. The summed E-state index contributed by atoms with van der Waals surface area (Å²) in [5.74, 6) is 0.877. The molecule has 2 atom stereocenters. The van der Waals surface area contributed by atoms with Gasteiger partial charge in [-0.3, -0.25) is 0 Å². The highest BCUT2D eigenvalue weighted by Crippen LogP contribution is 2.41. The molecule has 0 saturated heterocycles. The summed E-state index contributed by atoms with van der Waals surface area (Å²) in [5, 5.41) is 1.93. The Hall–Kier alpha value is -0.0600. The second kappa shape index (κ2) is 4.64. The molecule has 1 rings (SSSR count). The summed E-state index contributed by atoms with van der Waals surface area (Å²) in [6.07, 6.45) is 0.960. The van der Waals surface area contributed by atoms with Crippen LogP contribution in [0.1, 0.15) is 18.2 Å². The molecule has 0 fully saturated rings. The summed E-state index contributed by atoms with van der Waals surface area (Å²) in [6.45, 7) is 2.02. The van der Waals surface area contributed by atoms with Crippen LogP contribution in [0.5, 0.6) is 0 Å². The van der Waals surface area contributed by atoms with E-state index in [2.05, 4.69) is 0 Å². The second-order valence-corrected chi connectivity index (χ2v) is 6.99. The van der Waals surface area contributed by atoms with Crippen molar-refractivity contribution < 1.29 is 14.4 Å². The lowest BCUT2D eigenvalue weighted by molar-refractivity contribution is -0.187. The summed E-state index contributed by atoms with van der Waals surface area (Å²) >= 11 is 4.72. The Morgan fingerprint density at radius 2 is 2.43 bits per heavy atom. The fourth-order valence-corrected chi connectivity index (χ4v) is 4.23. The zero-order chi connectivity index (χ0) is 10.8. The minimum absolute atomic E-state index is 0.235. The molecule has 0 aliphatic rings. The topological polar surface area (TPSA) is 60.4 Å². The van der Waals surface area contributed by atoms with Gasteiger partial charge in [0.2, 0.25) is 0 Å². The van der Waals surface area contributed by atoms with E-state index < -0.39 is 7.60 Å². The first-order chi connectivity index (χ1) is 6.46. The minimum atomic E-state index is -4.49. The van der Waals surface area contributed by atoms with Crippen molar-refractivity contribution in [2.24, 2.45) is 0 Å². The monoisotopic (exact) mass is 250 g/mol. The molecule has 0 saturated carbocycles. The van der Waals surface area contributed by atoms with Crippen LogP contribution in [0.2, 0.25) is 0 Å². The Morgan fingerprint density at radius 3 is 2.93 bits per heavy atom. The fourth-order valence-electron chi connectivity index (χ4n) is 1.10. The standard InChI is InChI=1S/C8H11O3PS2/c1-2-5-14-6-3-4-7(14)8(13)12(9,10)11/h3-4,6H,2,5H2,1H3,(H-,9,10,11). The first kappa shape index (κ1) is 12.0. The number of rotatable bonds is 4. The first-order valence-electron chi connectivity index (χ1n) is 4.13. The SMILES string of the molecule is CCC[s+]1cccc1C(=S)P(=O)([O-])O. The van der Waals surface area contributed by atoms with E-state index in [0.717, 1.165) is 12.2 Å². The Labute approximate surface area is 90.9 Å². The maximum Gasteiger partial charge on any atom is 0.196 e. The largest absolute Gasteiger partial charge is 0.774 e. The maximum atomic E-state index is 10.8. The molecule has 0 radical (unpaired) electrons. The van der Waals surface area contributed by atoms with Crippen LogP contribution in [0.25, 0.3) is 0 Å². The Balaban J connectivity index is 3.01. The molecule has 0 aliphatic heterocycles. The molecule has 0 spiro atoms. The van der Waals surface area contributed by atoms with E-state index in [-0.39, 0.29) is 15.1 Å². The number of hydrogen-bond acceptors (Lipinski definition) is 3. The molecule has 1 N–H and O–H groups in total. The van der Waals surface area contributed by atoms with E-state index in [1.165, 1.54) is 0 Å². The van der Waals surface area contributed by atoms with Crippen molar-refractivity contribution in [2.75, 3.05) is 0 Å². The normalized spacial score (nSPS) is 16.4. The van der Waals surface area contributed by atoms with Crippen molar-refractivity contribution in [1.29, 1.82) is 0 Å². The van der Waals surface area contributed by atoms with E-state index in [1.54, 1.807) is 12.1 Å². The van der Waals surface area contributed by atoms with E-state index in [0.29, 0.717) is 4.88 Å². The highest BCUT2D eigenvalue weighted by molar-refractivity contribution is 7.98. The van der Waals surface area contributed by atoms with E-state index in [9.17, 15) is 9.46 Å². The van der Waals surface area contributed by atoms with Gasteiger partial charge in [0.05, 0.1) is 0 Å². The van der Waals surface area contributed by atoms with Crippen LogP contribution in [0.3, 0.4) is 0 Å². The Morgan fingerprint density at radius 1 is 1.79 bits per heavy atom. The first-order valence-corrected chi connectivity index (χ1v) is 7.58. The average Bonchev–Trinajstić information content (AvgIpc) is 2.50. The van der Waals surface area contributed by atoms with E-state index in [1.807, 2.05) is 12.3 Å². The summed E-state index contributed by atoms with van der Waals surface area (Å²) in [4.78, 5) is 20.2. The second-order valence-electron chi connectivity index (χ2n) is 2.82. The molecule has 78 valence electrons. The third-order valence-electron chi connectivity index (χ3n) is 1.66. The zero-order valence-electron chi connectivity index (χ0n) is 7.67. The van der Waals surface area contributed by atoms with Crippen LogP contribution in [0.15, 0.2) is 17.5 Å². The van der Waals surface area contributed by atoms with Gasteiger partial charge in [0.25, 0.3) is 0 Å². The third kappa shape index (κ3) is 2.72. The molecule has 0 amide bonds. The zero-order valence-corrected chi connectivity index (χ0v) is 10.2. The summed E-state index contributed by atoms with van der Waals surface area (Å²) < 4.78 is 10.5. The maximum absolute atomic E-state index is 10.8. The van der Waals surface area contributed by atoms with Crippen molar-refractivity contribution in [3.05, 3.63) is 22.4 Å². The Kier molecular flexibility index (Phi) is 3.98. The number of thiocarbonyl (C=S) groups is 1. The highest BCUT2D eigenvalue weighted by Gasteiger charge is 2.23. The summed E-state index contributed by atoms with van der Waals surface area (Å²) in [7, 11) is -4.72. The van der Waals surface area contributed by atoms with Gasteiger partial charge in [-0.1, -0.05) is 19.1 Å². The lowest BCUT2D eigenvalue weighted by atomic mass is 10.5. The summed E-state index contributed by atoms with van der Waals surface area (Å²) in [5.41, 5.74) is 0. The third-order valence-corrected chi connectivity index (χ3v) is 5.85. The number of thiophene rings is 1. The molecular formula is C8H11O3PS2. The van der Waals surface area contributed by atoms with Gasteiger partial charge in [0.15, 0.2) is 12.5 Å². The fraction of sp³-hybridized carbons (Fsp3) is 0.375. The Bertz CT molecular complexity index is 380.